The molecule has 0 saturated heterocycles. The van der Waals surface area contributed by atoms with Crippen molar-refractivity contribution in [2.24, 2.45) is 0 Å². The van der Waals surface area contributed by atoms with Crippen molar-refractivity contribution in [3.05, 3.63) is 44.9 Å². The van der Waals surface area contributed by atoms with Gasteiger partial charge in [0.25, 0.3) is 0 Å². The van der Waals surface area contributed by atoms with Gasteiger partial charge in [-0.25, -0.2) is 4.98 Å². The van der Waals surface area contributed by atoms with Crippen molar-refractivity contribution >= 4 is 39.7 Å². The van der Waals surface area contributed by atoms with E-state index in [-0.39, 0.29) is 0 Å². The Kier molecular flexibility index (Phi) is 3.14. The van der Waals surface area contributed by atoms with Gasteiger partial charge in [0, 0.05) is 11.4 Å². The fraction of sp³-hybridized carbons (Fsp3) is 0.100. The maximum Gasteiger partial charge on any atom is 0.181 e. The first-order valence-corrected chi connectivity index (χ1v) is 5.88. The van der Waals surface area contributed by atoms with E-state index < -0.39 is 0 Å². The highest BCUT2D eigenvalue weighted by Gasteiger charge is 2.09. The van der Waals surface area contributed by atoms with Gasteiger partial charge in [-0.15, -0.1) is 0 Å². The molecule has 2 N–H and O–H groups in total. The summed E-state index contributed by atoms with van der Waals surface area (Å²) in [4.78, 5) is 4.15. The molecule has 1 aromatic heterocycles. The van der Waals surface area contributed by atoms with E-state index in [0.717, 1.165) is 16.3 Å². The van der Waals surface area contributed by atoms with Gasteiger partial charge in [0.05, 0.1) is 5.69 Å². The SMILES string of the molecule is Nc1nc(Cc2ccccc2Cl)c(Cl)s1. The number of nitrogens with two attached hydrogens (primary N) is 1. The topological polar surface area (TPSA) is 38.9 Å². The van der Waals surface area contributed by atoms with E-state index in [1.54, 1.807) is 0 Å². The Morgan fingerprint density at radius 1 is 1.27 bits per heavy atom. The predicted molar refractivity (Wildman–Crippen MR) is 65.8 cm³/mol. The Hall–Kier alpha value is -0.770. The third-order valence-corrected chi connectivity index (χ3v) is 3.52. The fourth-order valence-corrected chi connectivity index (χ4v) is 2.41. The lowest BCUT2D eigenvalue weighted by Crippen LogP contribution is -1.91. The Morgan fingerprint density at radius 2 is 2.00 bits per heavy atom. The number of rotatable bonds is 2. The lowest BCUT2D eigenvalue weighted by Gasteiger charge is -2.01. The zero-order valence-corrected chi connectivity index (χ0v) is 10.0. The highest BCUT2D eigenvalue weighted by atomic mass is 35.5. The minimum atomic E-state index is 0.488. The summed E-state index contributed by atoms with van der Waals surface area (Å²) in [5.74, 6) is 0. The molecule has 0 amide bonds. The first-order chi connectivity index (χ1) is 7.16. The molecule has 1 aromatic carbocycles. The quantitative estimate of drug-likeness (QED) is 0.894. The van der Waals surface area contributed by atoms with Crippen LogP contribution < -0.4 is 5.73 Å². The number of thiazole rings is 1. The molecular formula is C10H8Cl2N2S. The molecule has 0 spiro atoms. The summed E-state index contributed by atoms with van der Waals surface area (Å²) in [6, 6.07) is 7.63. The average molecular weight is 259 g/mol. The third kappa shape index (κ3) is 2.43. The molecule has 0 aliphatic carbocycles. The molecule has 1 heterocycles. The number of hydrogen-bond donors (Lipinski definition) is 1. The highest BCUT2D eigenvalue weighted by Crippen LogP contribution is 2.29. The summed E-state index contributed by atoms with van der Waals surface area (Å²) >= 11 is 13.3. The van der Waals surface area contributed by atoms with E-state index in [2.05, 4.69) is 4.98 Å². The number of aromatic nitrogens is 1. The van der Waals surface area contributed by atoms with E-state index in [9.17, 15) is 0 Å². The van der Waals surface area contributed by atoms with Crippen LogP contribution in [0.2, 0.25) is 9.36 Å². The first-order valence-electron chi connectivity index (χ1n) is 4.31. The van der Waals surface area contributed by atoms with Crippen LogP contribution in [-0.2, 0) is 6.42 Å². The highest BCUT2D eigenvalue weighted by molar-refractivity contribution is 7.19. The maximum atomic E-state index is 6.03. The molecular weight excluding hydrogens is 251 g/mol. The van der Waals surface area contributed by atoms with Crippen LogP contribution in [0.25, 0.3) is 0 Å². The Morgan fingerprint density at radius 3 is 2.60 bits per heavy atom. The number of nitrogen functional groups attached to an aromatic ring is 1. The summed E-state index contributed by atoms with van der Waals surface area (Å²) in [7, 11) is 0. The van der Waals surface area contributed by atoms with Gasteiger partial charge in [-0.2, -0.15) is 0 Å². The lowest BCUT2D eigenvalue weighted by atomic mass is 10.1. The molecule has 0 aliphatic rings. The monoisotopic (exact) mass is 258 g/mol. The molecule has 2 nitrogen and oxygen atoms in total. The van der Waals surface area contributed by atoms with Crippen LogP contribution in [0.4, 0.5) is 5.13 Å². The summed E-state index contributed by atoms with van der Waals surface area (Å²) in [6.45, 7) is 0. The summed E-state index contributed by atoms with van der Waals surface area (Å²) in [5.41, 5.74) is 7.35. The second kappa shape index (κ2) is 4.39. The van der Waals surface area contributed by atoms with Gasteiger partial charge in [0.15, 0.2) is 5.13 Å². The van der Waals surface area contributed by atoms with Gasteiger partial charge in [0.1, 0.15) is 4.34 Å². The Balaban J connectivity index is 2.29. The minimum absolute atomic E-state index is 0.488. The molecule has 0 fully saturated rings. The van der Waals surface area contributed by atoms with Gasteiger partial charge in [0.2, 0.25) is 0 Å². The summed E-state index contributed by atoms with van der Waals surface area (Å²) < 4.78 is 0.632. The van der Waals surface area contributed by atoms with Gasteiger partial charge in [-0.05, 0) is 11.6 Å². The fourth-order valence-electron chi connectivity index (χ4n) is 1.28. The second-order valence-electron chi connectivity index (χ2n) is 3.04. The van der Waals surface area contributed by atoms with Crippen molar-refractivity contribution < 1.29 is 0 Å². The molecule has 0 atom stereocenters. The predicted octanol–water partition coefficient (Wildman–Crippen LogP) is 3.62. The smallest absolute Gasteiger partial charge is 0.181 e. The second-order valence-corrected chi connectivity index (χ2v) is 5.08. The van der Waals surface area contributed by atoms with Crippen molar-refractivity contribution in [2.75, 3.05) is 5.73 Å². The van der Waals surface area contributed by atoms with Crippen LogP contribution in [-0.4, -0.2) is 4.98 Å². The van der Waals surface area contributed by atoms with Gasteiger partial charge >= 0.3 is 0 Å². The summed E-state index contributed by atoms with van der Waals surface area (Å²) in [6.07, 6.45) is 0.617. The van der Waals surface area contributed by atoms with Gasteiger partial charge < -0.3 is 5.73 Å². The molecule has 0 saturated carbocycles. The van der Waals surface area contributed by atoms with Crippen molar-refractivity contribution in [3.63, 3.8) is 0 Å². The number of nitrogens with zero attached hydrogens (tertiary/aromatic N) is 1. The van der Waals surface area contributed by atoms with E-state index in [0.29, 0.717) is 15.9 Å². The Bertz CT molecular complexity index is 482. The van der Waals surface area contributed by atoms with E-state index >= 15 is 0 Å². The van der Waals surface area contributed by atoms with Crippen LogP contribution in [0.3, 0.4) is 0 Å². The molecule has 5 heteroatoms. The lowest BCUT2D eigenvalue weighted by molar-refractivity contribution is 1.11. The summed E-state index contributed by atoms with van der Waals surface area (Å²) in [5, 5.41) is 1.21. The molecule has 0 radical (unpaired) electrons. The first kappa shape index (κ1) is 10.7. The zero-order valence-electron chi connectivity index (χ0n) is 7.71. The van der Waals surface area contributed by atoms with Gasteiger partial charge in [-0.3, -0.25) is 0 Å². The minimum Gasteiger partial charge on any atom is -0.375 e. The molecule has 2 rings (SSSR count). The molecule has 2 aromatic rings. The van der Waals surface area contributed by atoms with Crippen molar-refractivity contribution in [3.8, 4) is 0 Å². The molecule has 78 valence electrons. The van der Waals surface area contributed by atoms with Crippen LogP contribution in [0.15, 0.2) is 24.3 Å². The van der Waals surface area contributed by atoms with Crippen LogP contribution in [0, 0.1) is 0 Å². The van der Waals surface area contributed by atoms with E-state index in [4.69, 9.17) is 28.9 Å². The molecule has 0 unspecified atom stereocenters. The van der Waals surface area contributed by atoms with E-state index in [1.165, 1.54) is 11.3 Å². The standard InChI is InChI=1S/C10H8Cl2N2S/c11-7-4-2-1-3-6(7)5-8-9(12)15-10(13)14-8/h1-4H,5H2,(H2,13,14). The van der Waals surface area contributed by atoms with Crippen LogP contribution >= 0.6 is 34.5 Å². The van der Waals surface area contributed by atoms with Crippen molar-refractivity contribution in [2.45, 2.75) is 6.42 Å². The van der Waals surface area contributed by atoms with Crippen molar-refractivity contribution in [1.82, 2.24) is 4.98 Å². The van der Waals surface area contributed by atoms with Crippen molar-refractivity contribution in [1.29, 1.82) is 0 Å². The number of hydrogen-bond acceptors (Lipinski definition) is 3. The van der Waals surface area contributed by atoms with Crippen LogP contribution in [0.1, 0.15) is 11.3 Å². The van der Waals surface area contributed by atoms with Crippen LogP contribution in [0.5, 0.6) is 0 Å². The average Bonchev–Trinajstić information content (AvgIpc) is 2.49. The molecule has 0 bridgehead atoms. The third-order valence-electron chi connectivity index (χ3n) is 1.98. The van der Waals surface area contributed by atoms with E-state index in [1.807, 2.05) is 24.3 Å². The normalized spacial score (nSPS) is 10.5. The number of anilines is 1. The maximum absolute atomic E-state index is 6.03. The largest absolute Gasteiger partial charge is 0.375 e. The zero-order chi connectivity index (χ0) is 10.8. The molecule has 0 aliphatic heterocycles. The molecule has 15 heavy (non-hydrogen) atoms. The van der Waals surface area contributed by atoms with Gasteiger partial charge in [-0.1, -0.05) is 52.7 Å². The Labute approximate surface area is 102 Å². The number of benzene rings is 1. The number of halogens is 2.